The summed E-state index contributed by atoms with van der Waals surface area (Å²) in [6.07, 6.45) is 24.2. The first kappa shape index (κ1) is 27.4. The van der Waals surface area contributed by atoms with E-state index >= 15 is 0 Å². The van der Waals surface area contributed by atoms with E-state index in [0.29, 0.717) is 18.1 Å². The third-order valence-electron chi connectivity index (χ3n) is 8.42. The Labute approximate surface area is 225 Å². The molecule has 1 aromatic heterocycles. The minimum absolute atomic E-state index is 0.438. The molecule has 0 spiro atoms. The fourth-order valence-electron chi connectivity index (χ4n) is 6.29. The summed E-state index contributed by atoms with van der Waals surface area (Å²) in [5.74, 6) is 1.91. The summed E-state index contributed by atoms with van der Waals surface area (Å²) < 4.78 is 0. The van der Waals surface area contributed by atoms with Crippen LogP contribution in [0.2, 0.25) is 0 Å². The summed E-state index contributed by atoms with van der Waals surface area (Å²) in [6, 6.07) is 1.44. The predicted octanol–water partition coefficient (Wildman–Crippen LogP) is 6.28. The molecule has 4 rings (SSSR count). The van der Waals surface area contributed by atoms with Gasteiger partial charge in [-0.3, -0.25) is 0 Å². The third-order valence-corrected chi connectivity index (χ3v) is 8.66. The van der Waals surface area contributed by atoms with Crippen LogP contribution in [0.3, 0.4) is 0 Å². The average molecular weight is 515 g/mol. The van der Waals surface area contributed by atoms with Gasteiger partial charge in [0.15, 0.2) is 5.11 Å². The van der Waals surface area contributed by atoms with Crippen LogP contribution in [-0.2, 0) is 12.8 Å². The van der Waals surface area contributed by atoms with Crippen molar-refractivity contribution in [2.45, 2.75) is 140 Å². The maximum atomic E-state index is 5.77. The molecule has 0 radical (unpaired) electrons. The molecule has 3 N–H and O–H groups in total. The van der Waals surface area contributed by atoms with Crippen LogP contribution in [0.5, 0.6) is 0 Å². The van der Waals surface area contributed by atoms with E-state index in [2.05, 4.69) is 34.9 Å². The van der Waals surface area contributed by atoms with Gasteiger partial charge in [-0.25, -0.2) is 4.98 Å². The van der Waals surface area contributed by atoms with Gasteiger partial charge in [-0.2, -0.15) is 4.98 Å². The molecule has 0 unspecified atom stereocenters. The Hall–Kier alpha value is -1.63. The smallest absolute Gasteiger partial charge is 0.225 e. The maximum absolute atomic E-state index is 5.77. The van der Waals surface area contributed by atoms with E-state index in [4.69, 9.17) is 22.2 Å². The predicted molar refractivity (Wildman–Crippen MR) is 156 cm³/mol. The van der Waals surface area contributed by atoms with Gasteiger partial charge in [-0.1, -0.05) is 57.8 Å². The zero-order valence-corrected chi connectivity index (χ0v) is 23.7. The van der Waals surface area contributed by atoms with Crippen molar-refractivity contribution in [3.05, 3.63) is 11.3 Å². The van der Waals surface area contributed by atoms with Crippen LogP contribution >= 0.6 is 12.2 Å². The van der Waals surface area contributed by atoms with Crippen LogP contribution in [0.25, 0.3) is 0 Å². The maximum Gasteiger partial charge on any atom is 0.225 e. The Morgan fingerprint density at radius 1 is 0.667 bits per heavy atom. The van der Waals surface area contributed by atoms with Gasteiger partial charge < -0.3 is 20.9 Å². The summed E-state index contributed by atoms with van der Waals surface area (Å²) in [6.45, 7) is 0. The number of fused-ring (bicyclic) bond motifs is 1. The van der Waals surface area contributed by atoms with Gasteiger partial charge in [0.2, 0.25) is 5.95 Å². The molecule has 0 aromatic carbocycles. The molecule has 0 aliphatic heterocycles. The lowest BCUT2D eigenvalue weighted by Gasteiger charge is -2.32. The van der Waals surface area contributed by atoms with Crippen molar-refractivity contribution in [2.24, 2.45) is 0 Å². The zero-order chi connectivity index (χ0) is 25.2. The van der Waals surface area contributed by atoms with Crippen LogP contribution in [0, 0.1) is 0 Å². The molecule has 0 saturated heterocycles. The molecule has 1 heterocycles. The fourth-order valence-corrected chi connectivity index (χ4v) is 6.63. The molecule has 36 heavy (non-hydrogen) atoms. The Morgan fingerprint density at radius 2 is 1.19 bits per heavy atom. The van der Waals surface area contributed by atoms with E-state index in [1.165, 1.54) is 94.7 Å². The monoisotopic (exact) mass is 514 g/mol. The van der Waals surface area contributed by atoms with Crippen molar-refractivity contribution in [1.29, 1.82) is 0 Å². The minimum atomic E-state index is 0.438. The molecule has 0 bridgehead atoms. The van der Waals surface area contributed by atoms with Crippen molar-refractivity contribution in [3.8, 4) is 0 Å². The standard InChI is InChI=1S/C29H50N6S/c1-35(2)27-25-16-12-13-17-26(25)33-28(34-27)30-23-18-20-24(21-19-23)32-29(36)31-22-14-10-8-6-4-3-5-7-9-11-15-22/h22-24H,3-21H2,1-2H3,(H,30,33,34)(H2,31,32,36)/t23-,24+. The Morgan fingerprint density at radius 3 is 1.81 bits per heavy atom. The summed E-state index contributed by atoms with van der Waals surface area (Å²) in [5, 5.41) is 11.9. The minimum Gasteiger partial charge on any atom is -0.362 e. The highest BCUT2D eigenvalue weighted by Gasteiger charge is 2.24. The molecule has 0 amide bonds. The van der Waals surface area contributed by atoms with Crippen molar-refractivity contribution in [3.63, 3.8) is 0 Å². The van der Waals surface area contributed by atoms with Crippen molar-refractivity contribution >= 4 is 29.1 Å². The van der Waals surface area contributed by atoms with Gasteiger partial charge >= 0.3 is 0 Å². The number of hydrogen-bond donors (Lipinski definition) is 3. The average Bonchev–Trinajstić information content (AvgIpc) is 2.86. The highest BCUT2D eigenvalue weighted by Crippen LogP contribution is 2.29. The van der Waals surface area contributed by atoms with Crippen LogP contribution in [0.4, 0.5) is 11.8 Å². The van der Waals surface area contributed by atoms with E-state index in [1.807, 2.05) is 0 Å². The first-order valence-electron chi connectivity index (χ1n) is 15.0. The number of aryl methyl sites for hydroxylation is 1. The number of aromatic nitrogens is 2. The van der Waals surface area contributed by atoms with Crippen LogP contribution in [0.15, 0.2) is 0 Å². The second kappa shape index (κ2) is 14.3. The second-order valence-corrected chi connectivity index (χ2v) is 12.1. The molecule has 6 nitrogen and oxygen atoms in total. The van der Waals surface area contributed by atoms with Gasteiger partial charge in [0.05, 0.1) is 5.69 Å². The summed E-state index contributed by atoms with van der Waals surface area (Å²) in [4.78, 5) is 12.0. The number of rotatable bonds is 5. The molecule has 202 valence electrons. The molecule has 7 heteroatoms. The van der Waals surface area contributed by atoms with E-state index in [0.717, 1.165) is 55.4 Å². The van der Waals surface area contributed by atoms with Gasteiger partial charge in [-0.05, 0) is 76.4 Å². The van der Waals surface area contributed by atoms with E-state index < -0.39 is 0 Å². The quantitative estimate of drug-likeness (QED) is 0.400. The van der Waals surface area contributed by atoms with Crippen LogP contribution in [0.1, 0.15) is 120 Å². The number of hydrogen-bond acceptors (Lipinski definition) is 5. The number of thiocarbonyl (C=S) groups is 1. The number of nitrogens with one attached hydrogen (secondary N) is 3. The lowest BCUT2D eigenvalue weighted by atomic mass is 9.91. The summed E-state index contributed by atoms with van der Waals surface area (Å²) in [5.41, 5.74) is 2.60. The van der Waals surface area contributed by atoms with Gasteiger partial charge in [0, 0.05) is 37.8 Å². The molecular weight excluding hydrogens is 464 g/mol. The van der Waals surface area contributed by atoms with E-state index in [9.17, 15) is 0 Å². The lowest BCUT2D eigenvalue weighted by molar-refractivity contribution is 0.381. The normalized spacial score (nSPS) is 24.5. The first-order valence-corrected chi connectivity index (χ1v) is 15.4. The molecule has 3 aliphatic rings. The van der Waals surface area contributed by atoms with Crippen molar-refractivity contribution in [1.82, 2.24) is 20.6 Å². The number of nitrogens with zero attached hydrogens (tertiary/aromatic N) is 3. The molecule has 3 aliphatic carbocycles. The fraction of sp³-hybridized carbons (Fsp3) is 0.828. The Kier molecular flexibility index (Phi) is 10.9. The lowest BCUT2D eigenvalue weighted by Crippen LogP contribution is -2.48. The number of anilines is 2. The van der Waals surface area contributed by atoms with Crippen LogP contribution in [-0.4, -0.2) is 47.3 Å². The summed E-state index contributed by atoms with van der Waals surface area (Å²) >= 11 is 5.77. The first-order chi connectivity index (χ1) is 17.6. The molecule has 0 atom stereocenters. The molecular formula is C29H50N6S. The third kappa shape index (κ3) is 8.46. The topological polar surface area (TPSA) is 65.1 Å². The highest BCUT2D eigenvalue weighted by molar-refractivity contribution is 7.80. The van der Waals surface area contributed by atoms with Gasteiger partial charge in [-0.15, -0.1) is 0 Å². The molecule has 1 aromatic rings. The van der Waals surface area contributed by atoms with Crippen LogP contribution < -0.4 is 20.9 Å². The second-order valence-electron chi connectivity index (χ2n) is 11.7. The molecule has 2 fully saturated rings. The summed E-state index contributed by atoms with van der Waals surface area (Å²) in [7, 11) is 4.19. The zero-order valence-electron chi connectivity index (χ0n) is 22.9. The van der Waals surface area contributed by atoms with Gasteiger partial charge in [0.25, 0.3) is 0 Å². The van der Waals surface area contributed by atoms with Gasteiger partial charge in [0.1, 0.15) is 5.82 Å². The Balaban J connectivity index is 1.22. The Bertz CT molecular complexity index is 808. The van der Waals surface area contributed by atoms with E-state index in [1.54, 1.807) is 0 Å². The SMILES string of the molecule is CN(C)c1nc(N[C@H]2CC[C@@H](NC(=S)NC3CCCCCCCCCCC3)CC2)nc2c1CCCC2. The highest BCUT2D eigenvalue weighted by atomic mass is 32.1. The largest absolute Gasteiger partial charge is 0.362 e. The van der Waals surface area contributed by atoms with E-state index in [-0.39, 0.29) is 0 Å². The molecule has 2 saturated carbocycles. The van der Waals surface area contributed by atoms with Crippen molar-refractivity contribution in [2.75, 3.05) is 24.3 Å². The van der Waals surface area contributed by atoms with Crippen molar-refractivity contribution < 1.29 is 0 Å².